The van der Waals surface area contributed by atoms with Gasteiger partial charge in [-0.2, -0.15) is 0 Å². The van der Waals surface area contributed by atoms with E-state index in [0.29, 0.717) is 12.7 Å². The Morgan fingerprint density at radius 2 is 2.18 bits per heavy atom. The molecule has 0 aromatic rings. The van der Waals surface area contributed by atoms with Gasteiger partial charge in [-0.1, -0.05) is 31.3 Å². The summed E-state index contributed by atoms with van der Waals surface area (Å²) in [4.78, 5) is 10.1. The van der Waals surface area contributed by atoms with E-state index in [1.807, 2.05) is 0 Å². The third kappa shape index (κ3) is 5.58. The number of unbranched alkanes of at least 4 members (excludes halogenated alkanes) is 3. The predicted molar refractivity (Wildman–Crippen MR) is 44.0 cm³/mol. The second-order valence-corrected chi connectivity index (χ2v) is 2.52. The van der Waals surface area contributed by atoms with E-state index >= 15 is 0 Å². The fourth-order valence-electron chi connectivity index (χ4n) is 0.865. The minimum absolute atomic E-state index is 0.251. The van der Waals surface area contributed by atoms with Crippen molar-refractivity contribution in [1.29, 1.82) is 0 Å². The zero-order chi connectivity index (χ0) is 8.53. The van der Waals surface area contributed by atoms with Gasteiger partial charge in [-0.05, 0) is 12.8 Å². The van der Waals surface area contributed by atoms with Crippen LogP contribution < -0.4 is 0 Å². The first-order chi connectivity index (χ1) is 5.35. The Hall–Kier alpha value is -0.860. The Kier molecular flexibility index (Phi) is 6.68. The van der Waals surface area contributed by atoms with Crippen molar-refractivity contribution in [1.82, 2.24) is 0 Å². The molecule has 0 aromatic carbocycles. The van der Waals surface area contributed by atoms with E-state index in [1.165, 1.54) is 12.8 Å². The van der Waals surface area contributed by atoms with E-state index in [-0.39, 0.29) is 5.71 Å². The van der Waals surface area contributed by atoms with Crippen molar-refractivity contribution in [2.75, 3.05) is 0 Å². The zero-order valence-corrected chi connectivity index (χ0v) is 6.92. The molecule has 0 aliphatic heterocycles. The van der Waals surface area contributed by atoms with Crippen molar-refractivity contribution in [2.45, 2.75) is 39.0 Å². The molecule has 0 aliphatic carbocycles. The topological polar surface area (TPSA) is 49.7 Å². The monoisotopic (exact) mass is 157 g/mol. The number of rotatable bonds is 6. The van der Waals surface area contributed by atoms with Gasteiger partial charge in [0.2, 0.25) is 0 Å². The lowest BCUT2D eigenvalue weighted by molar-refractivity contribution is -0.102. The second kappa shape index (κ2) is 7.25. The molecule has 11 heavy (non-hydrogen) atoms. The lowest BCUT2D eigenvalue weighted by Gasteiger charge is -1.95. The summed E-state index contributed by atoms with van der Waals surface area (Å²) in [6.07, 6.45) is 5.59. The number of carbonyl (C=O) groups is 1. The first kappa shape index (κ1) is 10.1. The van der Waals surface area contributed by atoms with E-state index in [0.717, 1.165) is 12.8 Å². The Bertz CT molecular complexity index is 132. The van der Waals surface area contributed by atoms with E-state index < -0.39 is 0 Å². The van der Waals surface area contributed by atoms with Gasteiger partial charge in [0.15, 0.2) is 6.29 Å². The number of carbonyl (C=O) groups excluding carboxylic acids is 1. The van der Waals surface area contributed by atoms with Crippen molar-refractivity contribution >= 4 is 12.0 Å². The molecule has 0 fully saturated rings. The number of hydrogen-bond acceptors (Lipinski definition) is 3. The van der Waals surface area contributed by atoms with E-state index in [4.69, 9.17) is 5.21 Å². The lowest BCUT2D eigenvalue weighted by Crippen LogP contribution is -1.98. The molecule has 0 unspecified atom stereocenters. The highest BCUT2D eigenvalue weighted by molar-refractivity contribution is 6.27. The minimum atomic E-state index is 0.251. The van der Waals surface area contributed by atoms with Crippen molar-refractivity contribution in [3.63, 3.8) is 0 Å². The smallest absolute Gasteiger partial charge is 0.167 e. The molecule has 0 rings (SSSR count). The molecular weight excluding hydrogens is 142 g/mol. The molecule has 0 spiro atoms. The van der Waals surface area contributed by atoms with E-state index in [1.54, 1.807) is 0 Å². The van der Waals surface area contributed by atoms with Crippen LogP contribution in [0, 0.1) is 0 Å². The normalized spacial score (nSPS) is 11.5. The standard InChI is InChI=1S/C8H15NO2/c1-2-3-4-5-6-8(7-10)9-11/h7,11H,2-6H2,1H3/b9-8-. The summed E-state index contributed by atoms with van der Waals surface area (Å²) in [6.45, 7) is 2.13. The first-order valence-electron chi connectivity index (χ1n) is 4.01. The minimum Gasteiger partial charge on any atom is -0.411 e. The second-order valence-electron chi connectivity index (χ2n) is 2.52. The SMILES string of the molecule is CCCCCC/C(C=O)=N/O. The maximum atomic E-state index is 10.1. The van der Waals surface area contributed by atoms with Crippen LogP contribution >= 0.6 is 0 Å². The number of hydrogen-bond donors (Lipinski definition) is 1. The van der Waals surface area contributed by atoms with Crippen LogP contribution in [-0.2, 0) is 4.79 Å². The van der Waals surface area contributed by atoms with Gasteiger partial charge >= 0.3 is 0 Å². The lowest BCUT2D eigenvalue weighted by atomic mass is 10.1. The van der Waals surface area contributed by atoms with Crippen molar-refractivity contribution in [3.8, 4) is 0 Å². The van der Waals surface area contributed by atoms with Crippen LogP contribution in [0.15, 0.2) is 5.16 Å². The zero-order valence-electron chi connectivity index (χ0n) is 6.92. The maximum Gasteiger partial charge on any atom is 0.167 e. The Morgan fingerprint density at radius 3 is 2.64 bits per heavy atom. The van der Waals surface area contributed by atoms with Crippen LogP contribution in [0.2, 0.25) is 0 Å². The van der Waals surface area contributed by atoms with E-state index in [2.05, 4.69) is 12.1 Å². The average Bonchev–Trinajstić information content (AvgIpc) is 2.05. The summed E-state index contributed by atoms with van der Waals surface area (Å²) >= 11 is 0. The van der Waals surface area contributed by atoms with E-state index in [9.17, 15) is 4.79 Å². The molecule has 0 saturated carbocycles. The van der Waals surface area contributed by atoms with Crippen LogP contribution in [0.3, 0.4) is 0 Å². The first-order valence-corrected chi connectivity index (χ1v) is 4.01. The summed E-state index contributed by atoms with van der Waals surface area (Å²) in [5.41, 5.74) is 0.251. The van der Waals surface area contributed by atoms with Crippen LogP contribution in [0.25, 0.3) is 0 Å². The third-order valence-corrected chi connectivity index (χ3v) is 1.55. The predicted octanol–water partition coefficient (Wildman–Crippen LogP) is 1.99. The van der Waals surface area contributed by atoms with Gasteiger partial charge in [-0.15, -0.1) is 0 Å². The number of nitrogens with zero attached hydrogens (tertiary/aromatic N) is 1. The van der Waals surface area contributed by atoms with Crippen molar-refractivity contribution in [3.05, 3.63) is 0 Å². The van der Waals surface area contributed by atoms with Gasteiger partial charge in [0.1, 0.15) is 5.71 Å². The molecule has 0 atom stereocenters. The summed E-state index contributed by atoms with van der Waals surface area (Å²) in [6, 6.07) is 0. The summed E-state index contributed by atoms with van der Waals surface area (Å²) < 4.78 is 0. The molecule has 64 valence electrons. The van der Waals surface area contributed by atoms with Gasteiger partial charge in [0, 0.05) is 0 Å². The van der Waals surface area contributed by atoms with Crippen LogP contribution in [0.5, 0.6) is 0 Å². The molecule has 3 nitrogen and oxygen atoms in total. The molecule has 0 aromatic heterocycles. The van der Waals surface area contributed by atoms with Gasteiger partial charge < -0.3 is 5.21 Å². The molecule has 3 heteroatoms. The van der Waals surface area contributed by atoms with Gasteiger partial charge in [-0.3, -0.25) is 4.79 Å². The maximum absolute atomic E-state index is 10.1. The fraction of sp³-hybridized carbons (Fsp3) is 0.750. The molecular formula is C8H15NO2. The molecule has 0 aliphatic rings. The van der Waals surface area contributed by atoms with Crippen LogP contribution in [0.1, 0.15) is 39.0 Å². The summed E-state index contributed by atoms with van der Waals surface area (Å²) in [5, 5.41) is 11.1. The molecule has 0 amide bonds. The van der Waals surface area contributed by atoms with Crippen LogP contribution in [-0.4, -0.2) is 17.2 Å². The Balaban J connectivity index is 3.29. The highest BCUT2D eigenvalue weighted by Crippen LogP contribution is 2.02. The molecule has 0 radical (unpaired) electrons. The average molecular weight is 157 g/mol. The fourth-order valence-corrected chi connectivity index (χ4v) is 0.865. The Morgan fingerprint density at radius 1 is 1.45 bits per heavy atom. The van der Waals surface area contributed by atoms with Crippen LogP contribution in [0.4, 0.5) is 0 Å². The van der Waals surface area contributed by atoms with Crippen molar-refractivity contribution < 1.29 is 10.0 Å². The number of aldehydes is 1. The summed E-state index contributed by atoms with van der Waals surface area (Å²) in [7, 11) is 0. The third-order valence-electron chi connectivity index (χ3n) is 1.55. The van der Waals surface area contributed by atoms with Gasteiger partial charge in [0.25, 0.3) is 0 Å². The van der Waals surface area contributed by atoms with Crippen molar-refractivity contribution in [2.24, 2.45) is 5.16 Å². The highest BCUT2D eigenvalue weighted by atomic mass is 16.4. The molecule has 1 N–H and O–H groups in total. The largest absolute Gasteiger partial charge is 0.411 e. The molecule has 0 saturated heterocycles. The quantitative estimate of drug-likeness (QED) is 0.211. The highest BCUT2D eigenvalue weighted by Gasteiger charge is 1.96. The van der Waals surface area contributed by atoms with Gasteiger partial charge in [0.05, 0.1) is 0 Å². The van der Waals surface area contributed by atoms with Gasteiger partial charge in [-0.25, -0.2) is 0 Å². The molecule has 0 bridgehead atoms. The molecule has 0 heterocycles. The number of oxime groups is 1. The summed E-state index contributed by atoms with van der Waals surface area (Å²) in [5.74, 6) is 0. The Labute approximate surface area is 67.1 Å².